The summed E-state index contributed by atoms with van der Waals surface area (Å²) in [4.78, 5) is 12.4. The molecule has 0 saturated heterocycles. The van der Waals surface area contributed by atoms with Crippen molar-refractivity contribution in [1.82, 2.24) is 34.5 Å². The smallest absolute Gasteiger partial charge is 0.267 e. The molecule has 0 atom stereocenters. The molecule has 0 bridgehead atoms. The van der Waals surface area contributed by atoms with Gasteiger partial charge in [-0.2, -0.15) is 5.10 Å². The van der Waals surface area contributed by atoms with Crippen LogP contribution in [0.2, 0.25) is 0 Å². The topological polar surface area (TPSA) is 90.5 Å². The summed E-state index contributed by atoms with van der Waals surface area (Å²) < 4.78 is 7.32. The van der Waals surface area contributed by atoms with E-state index in [4.69, 9.17) is 0 Å². The summed E-state index contributed by atoms with van der Waals surface area (Å²) in [5, 5.41) is 18.7. The molecule has 3 aromatic rings. The van der Waals surface area contributed by atoms with Crippen LogP contribution in [0.1, 0.15) is 48.8 Å². The molecule has 0 aliphatic heterocycles. The Morgan fingerprint density at radius 2 is 2.00 bits per heavy atom. The molecule has 0 amide bonds. The van der Waals surface area contributed by atoms with Gasteiger partial charge in [0.2, 0.25) is 0 Å². The highest BCUT2D eigenvalue weighted by Gasteiger charge is 2.24. The Morgan fingerprint density at radius 1 is 1.19 bits per heavy atom. The normalized spacial score (nSPS) is 20.1. The fourth-order valence-electron chi connectivity index (χ4n) is 3.68. The summed E-state index contributed by atoms with van der Waals surface area (Å²) in [6, 6.07) is 5.92. The van der Waals surface area contributed by atoms with Crippen molar-refractivity contribution in [2.75, 3.05) is 0 Å². The lowest BCUT2D eigenvalue weighted by Gasteiger charge is -2.29. The molecular formula is C18H23N7OS. The SMILES string of the molecule is Cc1cc(C)n(-c2ccc(=O)n(C3CCC(NCc4csnn4)CC3)n2)n1. The Balaban J connectivity index is 1.44. The van der Waals surface area contributed by atoms with Crippen LogP contribution >= 0.6 is 11.5 Å². The highest BCUT2D eigenvalue weighted by molar-refractivity contribution is 7.03. The van der Waals surface area contributed by atoms with Crippen molar-refractivity contribution >= 4 is 11.5 Å². The predicted molar refractivity (Wildman–Crippen MR) is 103 cm³/mol. The van der Waals surface area contributed by atoms with Crippen LogP contribution in [0.15, 0.2) is 28.4 Å². The number of aryl methyl sites for hydroxylation is 2. The van der Waals surface area contributed by atoms with E-state index in [1.54, 1.807) is 21.5 Å². The molecule has 0 aromatic carbocycles. The van der Waals surface area contributed by atoms with E-state index >= 15 is 0 Å². The second-order valence-corrected chi connectivity index (χ2v) is 7.71. The first-order chi connectivity index (χ1) is 13.1. The molecule has 1 saturated carbocycles. The second-order valence-electron chi connectivity index (χ2n) is 7.10. The van der Waals surface area contributed by atoms with Crippen molar-refractivity contribution in [2.24, 2.45) is 0 Å². The van der Waals surface area contributed by atoms with Gasteiger partial charge in [-0.25, -0.2) is 9.36 Å². The zero-order valence-electron chi connectivity index (χ0n) is 15.5. The van der Waals surface area contributed by atoms with Crippen LogP contribution in [0.4, 0.5) is 0 Å². The monoisotopic (exact) mass is 385 g/mol. The van der Waals surface area contributed by atoms with Gasteiger partial charge in [-0.05, 0) is 63.2 Å². The highest BCUT2D eigenvalue weighted by atomic mass is 32.1. The van der Waals surface area contributed by atoms with E-state index < -0.39 is 0 Å². The molecule has 1 N–H and O–H groups in total. The Kier molecular flexibility index (Phi) is 5.13. The Hall–Kier alpha value is -2.39. The average Bonchev–Trinajstić information content (AvgIpc) is 3.30. The fraction of sp³-hybridized carbons (Fsp3) is 0.500. The van der Waals surface area contributed by atoms with Gasteiger partial charge in [-0.15, -0.1) is 10.2 Å². The van der Waals surface area contributed by atoms with Crippen LogP contribution in [-0.2, 0) is 6.54 Å². The first kappa shape index (κ1) is 18.0. The van der Waals surface area contributed by atoms with Crippen LogP contribution in [0.5, 0.6) is 0 Å². The van der Waals surface area contributed by atoms with Gasteiger partial charge < -0.3 is 5.32 Å². The molecule has 142 valence electrons. The Labute approximate surface area is 161 Å². The number of rotatable bonds is 5. The zero-order chi connectivity index (χ0) is 18.8. The average molecular weight is 385 g/mol. The molecule has 1 aliphatic carbocycles. The lowest BCUT2D eigenvalue weighted by Crippen LogP contribution is -2.36. The van der Waals surface area contributed by atoms with Gasteiger partial charge in [-0.1, -0.05) is 4.49 Å². The fourth-order valence-corrected chi connectivity index (χ4v) is 4.14. The minimum atomic E-state index is -0.0507. The van der Waals surface area contributed by atoms with Crippen molar-refractivity contribution in [3.05, 3.63) is 51.0 Å². The summed E-state index contributed by atoms with van der Waals surface area (Å²) in [5.41, 5.74) is 2.88. The maximum absolute atomic E-state index is 12.4. The van der Waals surface area contributed by atoms with Crippen LogP contribution in [0, 0.1) is 13.8 Å². The second kappa shape index (κ2) is 7.69. The van der Waals surface area contributed by atoms with E-state index in [1.165, 1.54) is 11.5 Å². The molecule has 1 aliphatic rings. The first-order valence-corrected chi connectivity index (χ1v) is 10.1. The lowest BCUT2D eigenvalue weighted by molar-refractivity contribution is 0.267. The summed E-state index contributed by atoms with van der Waals surface area (Å²) in [6.45, 7) is 4.69. The van der Waals surface area contributed by atoms with Crippen LogP contribution in [0.3, 0.4) is 0 Å². The van der Waals surface area contributed by atoms with Gasteiger partial charge in [0.05, 0.1) is 17.4 Å². The van der Waals surface area contributed by atoms with Crippen molar-refractivity contribution in [2.45, 2.75) is 58.2 Å². The maximum atomic E-state index is 12.4. The van der Waals surface area contributed by atoms with Crippen LogP contribution in [-0.4, -0.2) is 35.2 Å². The first-order valence-electron chi connectivity index (χ1n) is 9.23. The van der Waals surface area contributed by atoms with Crippen LogP contribution in [0.25, 0.3) is 5.82 Å². The number of hydrogen-bond donors (Lipinski definition) is 1. The predicted octanol–water partition coefficient (Wildman–Crippen LogP) is 2.17. The minimum Gasteiger partial charge on any atom is -0.308 e. The molecule has 27 heavy (non-hydrogen) atoms. The van der Waals surface area contributed by atoms with Gasteiger partial charge >= 0.3 is 0 Å². The summed E-state index contributed by atoms with van der Waals surface area (Å²) in [7, 11) is 0. The molecule has 9 heteroatoms. The maximum Gasteiger partial charge on any atom is 0.267 e. The van der Waals surface area contributed by atoms with Crippen LogP contribution < -0.4 is 10.9 Å². The van der Waals surface area contributed by atoms with Crippen molar-refractivity contribution < 1.29 is 0 Å². The number of nitrogens with zero attached hydrogens (tertiary/aromatic N) is 6. The van der Waals surface area contributed by atoms with Gasteiger partial charge in [0.1, 0.15) is 0 Å². The van der Waals surface area contributed by atoms with Crippen molar-refractivity contribution in [3.63, 3.8) is 0 Å². The Bertz CT molecular complexity index is 955. The minimum absolute atomic E-state index is 0.0507. The molecular weight excluding hydrogens is 362 g/mol. The summed E-state index contributed by atoms with van der Waals surface area (Å²) in [5.74, 6) is 0.691. The third kappa shape index (κ3) is 3.98. The molecule has 0 unspecified atom stereocenters. The van der Waals surface area contributed by atoms with Crippen molar-refractivity contribution in [3.8, 4) is 5.82 Å². The van der Waals surface area contributed by atoms with Gasteiger partial charge in [-0.3, -0.25) is 4.79 Å². The summed E-state index contributed by atoms with van der Waals surface area (Å²) >= 11 is 1.37. The van der Waals surface area contributed by atoms with E-state index in [-0.39, 0.29) is 11.6 Å². The molecule has 0 spiro atoms. The van der Waals surface area contributed by atoms with E-state index in [0.717, 1.165) is 49.3 Å². The number of nitrogens with one attached hydrogen (secondary N) is 1. The molecule has 3 aromatic heterocycles. The molecule has 1 fully saturated rings. The molecule has 3 heterocycles. The molecule has 4 rings (SSSR count). The third-order valence-corrected chi connectivity index (χ3v) is 5.61. The lowest BCUT2D eigenvalue weighted by atomic mass is 9.91. The molecule has 8 nitrogen and oxygen atoms in total. The zero-order valence-corrected chi connectivity index (χ0v) is 16.3. The molecule has 0 radical (unpaired) electrons. The van der Waals surface area contributed by atoms with E-state index in [9.17, 15) is 4.79 Å². The summed E-state index contributed by atoms with van der Waals surface area (Å²) in [6.07, 6.45) is 3.89. The van der Waals surface area contributed by atoms with E-state index in [0.29, 0.717) is 11.9 Å². The van der Waals surface area contributed by atoms with E-state index in [2.05, 4.69) is 25.1 Å². The van der Waals surface area contributed by atoms with Crippen molar-refractivity contribution in [1.29, 1.82) is 0 Å². The largest absolute Gasteiger partial charge is 0.308 e. The Morgan fingerprint density at radius 3 is 2.67 bits per heavy atom. The number of hydrogen-bond acceptors (Lipinski definition) is 7. The number of aromatic nitrogens is 6. The van der Waals surface area contributed by atoms with Gasteiger partial charge in [0.25, 0.3) is 5.56 Å². The highest BCUT2D eigenvalue weighted by Crippen LogP contribution is 2.27. The quantitative estimate of drug-likeness (QED) is 0.724. The standard InChI is InChI=1S/C18H23N7OS/c1-12-9-13(2)24(21-12)17-7-8-18(26)25(22-17)16-5-3-14(4-6-16)19-10-15-11-27-23-20-15/h7-9,11,14,16,19H,3-6,10H2,1-2H3. The van der Waals surface area contributed by atoms with Gasteiger partial charge in [0.15, 0.2) is 5.82 Å². The third-order valence-electron chi connectivity index (χ3n) is 5.06. The van der Waals surface area contributed by atoms with Gasteiger partial charge in [0, 0.05) is 29.7 Å². The van der Waals surface area contributed by atoms with E-state index in [1.807, 2.05) is 25.3 Å².